The zero-order chi connectivity index (χ0) is 18.4. The molecule has 0 aliphatic carbocycles. The minimum Gasteiger partial charge on any atom is -0.489 e. The van der Waals surface area contributed by atoms with E-state index in [-0.39, 0.29) is 0 Å². The molecule has 3 aromatic rings. The first-order chi connectivity index (χ1) is 12.6. The summed E-state index contributed by atoms with van der Waals surface area (Å²) in [6, 6.07) is 24.5. The summed E-state index contributed by atoms with van der Waals surface area (Å²) in [4.78, 5) is 11.7. The van der Waals surface area contributed by atoms with Gasteiger partial charge in [0.25, 0.3) is 0 Å². The topological polar surface area (TPSA) is 72.5 Å². The number of rotatable bonds is 7. The van der Waals surface area contributed by atoms with Crippen LogP contribution in [0, 0.1) is 0 Å². The van der Waals surface area contributed by atoms with Crippen LogP contribution in [0.1, 0.15) is 22.6 Å². The highest BCUT2D eigenvalue weighted by Gasteiger charge is 2.20. The number of nitrogen functional groups attached to an aromatic ring is 1. The summed E-state index contributed by atoms with van der Waals surface area (Å²) in [6.45, 7) is 0.503. The summed E-state index contributed by atoms with van der Waals surface area (Å²) in [6.07, 6.45) is 0.415. The van der Waals surface area contributed by atoms with E-state index in [1.165, 1.54) is 0 Å². The summed E-state index contributed by atoms with van der Waals surface area (Å²) < 4.78 is 5.77. The fraction of sp³-hybridized carbons (Fsp3) is 0.136. The average Bonchev–Trinajstić information content (AvgIpc) is 2.67. The largest absolute Gasteiger partial charge is 0.489 e. The van der Waals surface area contributed by atoms with Crippen LogP contribution in [0.3, 0.4) is 0 Å². The fourth-order valence-corrected chi connectivity index (χ4v) is 2.77. The number of anilines is 1. The van der Waals surface area contributed by atoms with E-state index >= 15 is 0 Å². The van der Waals surface area contributed by atoms with Gasteiger partial charge in [0.1, 0.15) is 12.4 Å². The zero-order valence-electron chi connectivity index (χ0n) is 14.3. The minimum absolute atomic E-state index is 0.415. The Labute approximate surface area is 152 Å². The van der Waals surface area contributed by atoms with Crippen LogP contribution in [0.15, 0.2) is 78.9 Å². The molecule has 0 amide bonds. The second-order valence-electron chi connectivity index (χ2n) is 6.18. The van der Waals surface area contributed by atoms with Crippen molar-refractivity contribution in [1.29, 1.82) is 0 Å². The number of carbonyl (C=O) groups is 1. The highest BCUT2D eigenvalue weighted by Crippen LogP contribution is 2.24. The van der Waals surface area contributed by atoms with Gasteiger partial charge in [0, 0.05) is 5.69 Å². The van der Waals surface area contributed by atoms with Crippen LogP contribution in [0.5, 0.6) is 5.75 Å². The molecule has 3 N–H and O–H groups in total. The van der Waals surface area contributed by atoms with Crippen LogP contribution in [0.4, 0.5) is 5.69 Å². The maximum Gasteiger partial charge on any atom is 0.311 e. The van der Waals surface area contributed by atoms with Crippen LogP contribution < -0.4 is 10.5 Å². The van der Waals surface area contributed by atoms with E-state index in [0.717, 1.165) is 22.4 Å². The summed E-state index contributed by atoms with van der Waals surface area (Å²) in [5, 5.41) is 9.57. The van der Waals surface area contributed by atoms with Crippen LogP contribution in [-0.2, 0) is 17.8 Å². The number of hydrogen-bond acceptors (Lipinski definition) is 3. The molecule has 0 bridgehead atoms. The van der Waals surface area contributed by atoms with Crippen molar-refractivity contribution in [2.24, 2.45) is 0 Å². The zero-order valence-corrected chi connectivity index (χ0v) is 14.3. The third-order valence-corrected chi connectivity index (χ3v) is 4.25. The van der Waals surface area contributed by atoms with Crippen LogP contribution in [0.25, 0.3) is 0 Å². The van der Waals surface area contributed by atoms with E-state index in [1.54, 1.807) is 24.3 Å². The SMILES string of the molecule is Nc1ccc(C(Cc2ccc(OCc3ccccc3)cc2)C(=O)O)cc1. The standard InChI is InChI=1S/C22H21NO3/c23-19-10-8-18(9-11-19)21(22(24)25)14-16-6-12-20(13-7-16)26-15-17-4-2-1-3-5-17/h1-13,21H,14-15,23H2,(H,24,25). The summed E-state index contributed by atoms with van der Waals surface area (Å²) in [5.74, 6) is -0.692. The monoisotopic (exact) mass is 347 g/mol. The highest BCUT2D eigenvalue weighted by atomic mass is 16.5. The van der Waals surface area contributed by atoms with Gasteiger partial charge in [-0.2, -0.15) is 0 Å². The van der Waals surface area contributed by atoms with E-state index < -0.39 is 11.9 Å². The number of hydrogen-bond donors (Lipinski definition) is 2. The molecule has 4 nitrogen and oxygen atoms in total. The lowest BCUT2D eigenvalue weighted by Crippen LogP contribution is -2.14. The Morgan fingerprint density at radius 1 is 0.885 bits per heavy atom. The molecular weight excluding hydrogens is 326 g/mol. The Bertz CT molecular complexity index is 843. The first-order valence-corrected chi connectivity index (χ1v) is 8.46. The summed E-state index contributed by atoms with van der Waals surface area (Å²) >= 11 is 0. The Morgan fingerprint density at radius 3 is 2.15 bits per heavy atom. The molecule has 3 rings (SSSR count). The number of nitrogens with two attached hydrogens (primary N) is 1. The Kier molecular flexibility index (Phi) is 5.54. The second-order valence-corrected chi connectivity index (χ2v) is 6.18. The van der Waals surface area contributed by atoms with Crippen molar-refractivity contribution < 1.29 is 14.6 Å². The smallest absolute Gasteiger partial charge is 0.311 e. The predicted molar refractivity (Wildman–Crippen MR) is 102 cm³/mol. The molecule has 0 spiro atoms. The third-order valence-electron chi connectivity index (χ3n) is 4.25. The quantitative estimate of drug-likeness (QED) is 0.627. The molecular formula is C22H21NO3. The fourth-order valence-electron chi connectivity index (χ4n) is 2.77. The number of carboxylic acid groups (broad SMARTS) is 1. The first-order valence-electron chi connectivity index (χ1n) is 8.46. The van der Waals surface area contributed by atoms with E-state index in [4.69, 9.17) is 10.5 Å². The summed E-state index contributed by atoms with van der Waals surface area (Å²) in [7, 11) is 0. The van der Waals surface area contributed by atoms with Gasteiger partial charge in [0.05, 0.1) is 5.92 Å². The van der Waals surface area contributed by atoms with Crippen molar-refractivity contribution in [3.8, 4) is 5.75 Å². The highest BCUT2D eigenvalue weighted by molar-refractivity contribution is 5.76. The van der Waals surface area contributed by atoms with Crippen LogP contribution in [0.2, 0.25) is 0 Å². The molecule has 4 heteroatoms. The molecule has 132 valence electrons. The second kappa shape index (κ2) is 8.21. The van der Waals surface area contributed by atoms with Crippen molar-refractivity contribution in [3.63, 3.8) is 0 Å². The molecule has 0 radical (unpaired) electrons. The lowest BCUT2D eigenvalue weighted by Gasteiger charge is -2.14. The van der Waals surface area contributed by atoms with Gasteiger partial charge in [-0.15, -0.1) is 0 Å². The first kappa shape index (κ1) is 17.5. The Morgan fingerprint density at radius 2 is 1.54 bits per heavy atom. The van der Waals surface area contributed by atoms with Gasteiger partial charge in [0.15, 0.2) is 0 Å². The number of carboxylic acids is 1. The lowest BCUT2D eigenvalue weighted by molar-refractivity contribution is -0.138. The molecule has 0 saturated carbocycles. The van der Waals surface area contributed by atoms with Crippen molar-refractivity contribution in [2.45, 2.75) is 18.9 Å². The lowest BCUT2D eigenvalue weighted by atomic mass is 9.92. The number of ether oxygens (including phenoxy) is 1. The van der Waals surface area contributed by atoms with E-state index in [0.29, 0.717) is 18.7 Å². The molecule has 0 fully saturated rings. The normalized spacial score (nSPS) is 11.7. The maximum absolute atomic E-state index is 11.7. The molecule has 1 unspecified atom stereocenters. The van der Waals surface area contributed by atoms with Gasteiger partial charge >= 0.3 is 5.97 Å². The van der Waals surface area contributed by atoms with E-state index in [2.05, 4.69) is 0 Å². The third kappa shape index (κ3) is 4.63. The molecule has 26 heavy (non-hydrogen) atoms. The molecule has 0 saturated heterocycles. The molecule has 0 aromatic heterocycles. The predicted octanol–water partition coefficient (Wildman–Crippen LogP) is 4.26. The van der Waals surface area contributed by atoms with Crippen LogP contribution in [-0.4, -0.2) is 11.1 Å². The van der Waals surface area contributed by atoms with Crippen molar-refractivity contribution in [2.75, 3.05) is 5.73 Å². The summed E-state index contributed by atoms with van der Waals surface area (Å²) in [5.41, 5.74) is 9.10. The molecule has 0 heterocycles. The van der Waals surface area contributed by atoms with Crippen molar-refractivity contribution >= 4 is 11.7 Å². The van der Waals surface area contributed by atoms with Gasteiger partial charge in [-0.3, -0.25) is 4.79 Å². The number of benzene rings is 3. The van der Waals surface area contributed by atoms with Crippen molar-refractivity contribution in [1.82, 2.24) is 0 Å². The van der Waals surface area contributed by atoms with Crippen LogP contribution >= 0.6 is 0 Å². The average molecular weight is 347 g/mol. The van der Waals surface area contributed by atoms with E-state index in [9.17, 15) is 9.90 Å². The number of aliphatic carboxylic acids is 1. The molecule has 1 atom stereocenters. The van der Waals surface area contributed by atoms with Gasteiger partial charge < -0.3 is 15.6 Å². The minimum atomic E-state index is -0.848. The van der Waals surface area contributed by atoms with E-state index in [1.807, 2.05) is 54.6 Å². The Balaban J connectivity index is 1.65. The van der Waals surface area contributed by atoms with Gasteiger partial charge in [-0.1, -0.05) is 54.6 Å². The molecule has 0 aliphatic heterocycles. The van der Waals surface area contributed by atoms with Gasteiger partial charge in [-0.25, -0.2) is 0 Å². The maximum atomic E-state index is 11.7. The molecule has 0 aliphatic rings. The molecule has 3 aromatic carbocycles. The van der Waals surface area contributed by atoms with Crippen molar-refractivity contribution in [3.05, 3.63) is 95.6 Å². The Hall–Kier alpha value is -3.27. The van der Waals surface area contributed by atoms with Gasteiger partial charge in [-0.05, 0) is 47.4 Å². The van der Waals surface area contributed by atoms with Gasteiger partial charge in [0.2, 0.25) is 0 Å².